The van der Waals surface area contributed by atoms with E-state index in [-0.39, 0.29) is 11.8 Å². The fourth-order valence-corrected chi connectivity index (χ4v) is 1.33. The largest absolute Gasteiger partial charge is 0.508 e. The lowest BCUT2D eigenvalue weighted by atomic mass is 10.1. The lowest BCUT2D eigenvalue weighted by molar-refractivity contribution is 0.427. The summed E-state index contributed by atoms with van der Waals surface area (Å²) in [6, 6.07) is 0.267. The molecule has 106 valence electrons. The molecular weight excluding hydrogens is 236 g/mol. The van der Waals surface area contributed by atoms with E-state index < -0.39 is 0 Å². The molecule has 0 aliphatic rings. The van der Waals surface area contributed by atoms with Gasteiger partial charge in [-0.2, -0.15) is 0 Å². The van der Waals surface area contributed by atoms with Crippen molar-refractivity contribution in [3.8, 4) is 0 Å². The Labute approximate surface area is 117 Å². The number of aliphatic hydroxyl groups excluding tert-OH is 1. The molecule has 0 aromatic rings. The summed E-state index contributed by atoms with van der Waals surface area (Å²) >= 11 is 0. The van der Waals surface area contributed by atoms with E-state index in [4.69, 9.17) is 0 Å². The summed E-state index contributed by atoms with van der Waals surface area (Å²) in [5, 5.41) is 16.2. The van der Waals surface area contributed by atoms with Gasteiger partial charge < -0.3 is 15.7 Å². The lowest BCUT2D eigenvalue weighted by Gasteiger charge is -2.09. The van der Waals surface area contributed by atoms with Crippen LogP contribution in [0.5, 0.6) is 0 Å². The van der Waals surface area contributed by atoms with E-state index >= 15 is 0 Å². The van der Waals surface area contributed by atoms with E-state index in [0.717, 1.165) is 24.2 Å². The van der Waals surface area contributed by atoms with Gasteiger partial charge in [0.15, 0.2) is 0 Å². The van der Waals surface area contributed by atoms with Crippen LogP contribution in [0, 0.1) is 0 Å². The minimum atomic E-state index is 0.213. The number of hydrogen-bond donors (Lipinski definition) is 3. The monoisotopic (exact) mass is 262 g/mol. The molecule has 0 saturated carbocycles. The van der Waals surface area contributed by atoms with Crippen molar-refractivity contribution in [2.45, 2.75) is 19.9 Å². The van der Waals surface area contributed by atoms with Gasteiger partial charge in [0.1, 0.15) is 5.76 Å². The molecule has 0 aromatic heterocycles. The zero-order valence-electron chi connectivity index (χ0n) is 12.2. The highest BCUT2D eigenvalue weighted by Gasteiger charge is 2.00. The van der Waals surface area contributed by atoms with E-state index in [2.05, 4.69) is 30.7 Å². The zero-order valence-corrected chi connectivity index (χ0v) is 12.2. The Morgan fingerprint density at radius 1 is 1.32 bits per heavy atom. The molecule has 0 radical (unpaired) electrons. The van der Waals surface area contributed by atoms with Crippen molar-refractivity contribution in [3.63, 3.8) is 0 Å². The normalized spacial score (nSPS) is 14.7. The lowest BCUT2D eigenvalue weighted by Crippen LogP contribution is -2.30. The maximum atomic E-state index is 9.78. The first-order valence-corrected chi connectivity index (χ1v) is 6.47. The number of hydrogen-bond acceptors (Lipinski definition) is 3. The fraction of sp³-hybridized carbons (Fsp3) is 0.375. The molecule has 0 rings (SSSR count). The van der Waals surface area contributed by atoms with Crippen molar-refractivity contribution in [1.29, 1.82) is 0 Å². The highest BCUT2D eigenvalue weighted by Crippen LogP contribution is 2.13. The number of allylic oxidation sites excluding steroid dienone is 6. The molecule has 3 N–H and O–H groups in total. The van der Waals surface area contributed by atoms with Crippen molar-refractivity contribution < 1.29 is 5.11 Å². The number of aliphatic hydroxyl groups is 1. The Morgan fingerprint density at radius 3 is 2.58 bits per heavy atom. The van der Waals surface area contributed by atoms with Crippen molar-refractivity contribution in [2.75, 3.05) is 20.1 Å². The predicted molar refractivity (Wildman–Crippen MR) is 84.3 cm³/mol. The van der Waals surface area contributed by atoms with Crippen molar-refractivity contribution in [1.82, 2.24) is 10.6 Å². The van der Waals surface area contributed by atoms with Crippen LogP contribution in [-0.4, -0.2) is 31.3 Å². The Bertz CT molecular complexity index is 378. The quantitative estimate of drug-likeness (QED) is 0.340. The molecule has 3 nitrogen and oxygen atoms in total. The van der Waals surface area contributed by atoms with Gasteiger partial charge in [-0.05, 0) is 38.1 Å². The molecule has 0 saturated heterocycles. The van der Waals surface area contributed by atoms with Gasteiger partial charge in [-0.1, -0.05) is 37.5 Å². The standard InChI is InChI=1S/C16H26N2O/c1-6-7-8-16(19)15(4)13(2)9-10-14(3)18-12-11-17-5/h6-10,14,17-19H,1-2,11-12H2,3-5H3/b8-7-,10-9?,16-15-. The molecule has 0 aliphatic heterocycles. The Morgan fingerprint density at radius 2 is 2.00 bits per heavy atom. The smallest absolute Gasteiger partial charge is 0.119 e. The van der Waals surface area contributed by atoms with E-state index in [1.165, 1.54) is 0 Å². The summed E-state index contributed by atoms with van der Waals surface area (Å²) in [6.45, 7) is 13.3. The molecule has 0 bridgehead atoms. The summed E-state index contributed by atoms with van der Waals surface area (Å²) < 4.78 is 0. The number of rotatable bonds is 9. The third-order valence-corrected chi connectivity index (χ3v) is 2.68. The topological polar surface area (TPSA) is 44.3 Å². The van der Waals surface area contributed by atoms with Gasteiger partial charge in [0.05, 0.1) is 0 Å². The van der Waals surface area contributed by atoms with E-state index in [9.17, 15) is 5.11 Å². The summed E-state index contributed by atoms with van der Waals surface area (Å²) in [5.74, 6) is 0.213. The van der Waals surface area contributed by atoms with Crippen LogP contribution in [-0.2, 0) is 0 Å². The predicted octanol–water partition coefficient (Wildman–Crippen LogP) is 2.87. The second-order valence-electron chi connectivity index (χ2n) is 4.34. The van der Waals surface area contributed by atoms with Gasteiger partial charge in [0.25, 0.3) is 0 Å². The fourth-order valence-electron chi connectivity index (χ4n) is 1.33. The van der Waals surface area contributed by atoms with Crippen molar-refractivity contribution in [3.05, 3.63) is 60.4 Å². The van der Waals surface area contributed by atoms with E-state index in [1.807, 2.05) is 26.1 Å². The molecule has 0 amide bonds. The SMILES string of the molecule is C=C/C=C\C(O)=C(/C)C(=C)C=CC(C)NCCNC. The molecular formula is C16H26N2O. The first-order valence-electron chi connectivity index (χ1n) is 6.47. The Balaban J connectivity index is 4.42. The minimum Gasteiger partial charge on any atom is -0.508 e. The van der Waals surface area contributed by atoms with Crippen LogP contribution >= 0.6 is 0 Å². The van der Waals surface area contributed by atoms with Crippen LogP contribution in [0.25, 0.3) is 0 Å². The zero-order chi connectivity index (χ0) is 14.7. The Kier molecular flexibility index (Phi) is 9.49. The van der Waals surface area contributed by atoms with Crippen LogP contribution in [0.3, 0.4) is 0 Å². The molecule has 1 atom stereocenters. The van der Waals surface area contributed by atoms with Crippen LogP contribution in [0.1, 0.15) is 13.8 Å². The van der Waals surface area contributed by atoms with Gasteiger partial charge in [-0.15, -0.1) is 0 Å². The molecule has 0 spiro atoms. The summed E-state index contributed by atoms with van der Waals surface area (Å²) in [4.78, 5) is 0. The average Bonchev–Trinajstić information content (AvgIpc) is 2.41. The summed E-state index contributed by atoms with van der Waals surface area (Å²) in [5.41, 5.74) is 1.56. The Hall–Kier alpha value is -1.58. The second kappa shape index (κ2) is 10.4. The van der Waals surface area contributed by atoms with Gasteiger partial charge in [0.2, 0.25) is 0 Å². The molecule has 0 fully saturated rings. The molecule has 3 heteroatoms. The van der Waals surface area contributed by atoms with Crippen LogP contribution in [0.2, 0.25) is 0 Å². The average molecular weight is 262 g/mol. The third-order valence-electron chi connectivity index (χ3n) is 2.68. The second-order valence-corrected chi connectivity index (χ2v) is 4.34. The van der Waals surface area contributed by atoms with Crippen LogP contribution < -0.4 is 10.6 Å². The van der Waals surface area contributed by atoms with Crippen LogP contribution in [0.15, 0.2) is 60.4 Å². The van der Waals surface area contributed by atoms with Gasteiger partial charge >= 0.3 is 0 Å². The summed E-state index contributed by atoms with van der Waals surface area (Å²) in [7, 11) is 1.93. The van der Waals surface area contributed by atoms with Crippen molar-refractivity contribution >= 4 is 0 Å². The van der Waals surface area contributed by atoms with Gasteiger partial charge in [0, 0.05) is 19.1 Å². The number of nitrogens with one attached hydrogen (secondary N) is 2. The molecule has 19 heavy (non-hydrogen) atoms. The highest BCUT2D eigenvalue weighted by molar-refractivity contribution is 5.40. The first-order chi connectivity index (χ1) is 9.02. The maximum Gasteiger partial charge on any atom is 0.119 e. The minimum absolute atomic E-state index is 0.213. The highest BCUT2D eigenvalue weighted by atomic mass is 16.3. The summed E-state index contributed by atoms with van der Waals surface area (Å²) in [6.07, 6.45) is 8.87. The molecule has 0 heterocycles. The van der Waals surface area contributed by atoms with Crippen molar-refractivity contribution in [2.24, 2.45) is 0 Å². The van der Waals surface area contributed by atoms with Gasteiger partial charge in [-0.25, -0.2) is 0 Å². The molecule has 0 aromatic carbocycles. The van der Waals surface area contributed by atoms with Crippen LogP contribution in [0.4, 0.5) is 0 Å². The molecule has 1 unspecified atom stereocenters. The van der Waals surface area contributed by atoms with Gasteiger partial charge in [-0.3, -0.25) is 0 Å². The maximum absolute atomic E-state index is 9.78. The number of likely N-dealkylation sites (N-methyl/N-ethyl adjacent to an activating group) is 1. The third kappa shape index (κ3) is 8.19. The van der Waals surface area contributed by atoms with E-state index in [1.54, 1.807) is 18.2 Å². The first kappa shape index (κ1) is 17.4. The molecule has 0 aliphatic carbocycles. The van der Waals surface area contributed by atoms with E-state index in [0.29, 0.717) is 0 Å².